The fraction of sp³-hybridized carbons (Fsp3) is 0.875. The lowest BCUT2D eigenvalue weighted by Gasteiger charge is -2.23. The molecule has 0 aliphatic carbocycles. The minimum atomic E-state index is -3.62. The lowest BCUT2D eigenvalue weighted by atomic mass is 10.0. The van der Waals surface area contributed by atoms with Gasteiger partial charge in [-0.2, -0.15) is 0 Å². The van der Waals surface area contributed by atoms with Gasteiger partial charge in [0.1, 0.15) is 0 Å². The normalized spacial score (nSPS) is 14.0. The molecule has 9 heteroatoms. The van der Waals surface area contributed by atoms with Crippen LogP contribution in [0, 0.1) is 5.92 Å². The molecule has 0 radical (unpaired) electrons. The Kier molecular flexibility index (Phi) is 12.7. The van der Waals surface area contributed by atoms with Gasteiger partial charge in [-0.1, -0.05) is 26.7 Å². The van der Waals surface area contributed by atoms with Gasteiger partial charge in [-0.15, -0.1) is 0 Å². The highest BCUT2D eigenvalue weighted by atomic mass is 31.2. The van der Waals surface area contributed by atoms with E-state index in [1.54, 1.807) is 0 Å². The molecule has 0 aliphatic heterocycles. The topological polar surface area (TPSA) is 88.1 Å². The first-order valence-electron chi connectivity index (χ1n) is 8.51. The predicted molar refractivity (Wildman–Crippen MR) is 91.2 cm³/mol. The van der Waals surface area contributed by atoms with Crippen molar-refractivity contribution < 1.29 is 37.1 Å². The second-order valence-corrected chi connectivity index (χ2v) is 7.72. The van der Waals surface area contributed by atoms with Crippen molar-refractivity contribution in [2.24, 2.45) is 5.92 Å². The quantitative estimate of drug-likeness (QED) is 0.257. The number of halogens is 1. The molecule has 0 aromatic carbocycles. The van der Waals surface area contributed by atoms with E-state index in [0.29, 0.717) is 12.8 Å². The van der Waals surface area contributed by atoms with Crippen molar-refractivity contribution in [3.8, 4) is 0 Å². The fourth-order valence-corrected chi connectivity index (χ4v) is 3.93. The van der Waals surface area contributed by atoms with Gasteiger partial charge in [0.25, 0.3) is 0 Å². The number of alkyl halides is 1. The van der Waals surface area contributed by atoms with Gasteiger partial charge in [0.05, 0.1) is 39.5 Å². The molecule has 0 aliphatic rings. The summed E-state index contributed by atoms with van der Waals surface area (Å²) < 4.78 is 46.5. The van der Waals surface area contributed by atoms with E-state index in [1.165, 1.54) is 0 Å². The van der Waals surface area contributed by atoms with Crippen molar-refractivity contribution in [1.82, 2.24) is 0 Å². The number of hydrogen-bond donors (Lipinski definition) is 0. The molecule has 0 saturated heterocycles. The Morgan fingerprint density at radius 2 is 1.44 bits per heavy atom. The summed E-state index contributed by atoms with van der Waals surface area (Å²) in [4.78, 5) is 23.2. The lowest BCUT2D eigenvalue weighted by Crippen LogP contribution is -2.29. The molecule has 0 N–H and O–H groups in total. The van der Waals surface area contributed by atoms with E-state index in [-0.39, 0.29) is 19.4 Å². The van der Waals surface area contributed by atoms with Crippen LogP contribution in [0.1, 0.15) is 46.0 Å². The second kappa shape index (κ2) is 13.3. The van der Waals surface area contributed by atoms with Crippen molar-refractivity contribution >= 4 is 19.5 Å². The van der Waals surface area contributed by atoms with Crippen molar-refractivity contribution in [2.45, 2.75) is 52.1 Å². The maximum absolute atomic E-state index is 13.9. The molecule has 0 bridgehead atoms. The molecular weight excluding hydrogens is 354 g/mol. The summed E-state index contributed by atoms with van der Waals surface area (Å²) in [7, 11) is -1.43. The third-order valence-corrected chi connectivity index (χ3v) is 5.54. The Morgan fingerprint density at radius 3 is 1.84 bits per heavy atom. The Hall–Kier alpha value is -0.980. The highest BCUT2D eigenvalue weighted by molar-refractivity contribution is 7.53. The highest BCUT2D eigenvalue weighted by Crippen LogP contribution is 2.51. The number of ether oxygens (including phenoxy) is 2. The number of methoxy groups -OCH3 is 2. The summed E-state index contributed by atoms with van der Waals surface area (Å²) in [5, 5.41) is 0. The standard InChI is InChI=1S/C16H30FO7P/c1-5-7-9-23-25(20,24-10-8-6-2)12-13(15(18)21-3)11-14(17)16(19)22-4/h13-14H,5-12H2,1-4H3/t13-,14+/m0/s1. The highest BCUT2D eigenvalue weighted by Gasteiger charge is 2.36. The van der Waals surface area contributed by atoms with Crippen LogP contribution in [-0.4, -0.2) is 51.7 Å². The summed E-state index contributed by atoms with van der Waals surface area (Å²) in [6.07, 6.45) is 0.167. The minimum absolute atomic E-state index is 0.212. The van der Waals surface area contributed by atoms with Crippen LogP contribution < -0.4 is 0 Å². The van der Waals surface area contributed by atoms with Gasteiger partial charge >= 0.3 is 19.5 Å². The molecule has 0 fully saturated rings. The Balaban J connectivity index is 5.11. The molecule has 0 rings (SSSR count). The van der Waals surface area contributed by atoms with Gasteiger partial charge in [-0.3, -0.25) is 9.36 Å². The Bertz CT molecular complexity index is 430. The Labute approximate surface area is 149 Å². The number of unbranched alkanes of at least 4 members (excludes halogenated alkanes) is 2. The van der Waals surface area contributed by atoms with E-state index >= 15 is 0 Å². The number of esters is 2. The summed E-state index contributed by atoms with van der Waals surface area (Å²) in [6.45, 7) is 4.33. The van der Waals surface area contributed by atoms with E-state index in [1.807, 2.05) is 13.8 Å². The summed E-state index contributed by atoms with van der Waals surface area (Å²) in [6, 6.07) is 0. The number of rotatable bonds is 14. The van der Waals surface area contributed by atoms with Crippen LogP contribution in [-0.2, 0) is 32.7 Å². The molecule has 0 unspecified atom stereocenters. The van der Waals surface area contributed by atoms with Crippen LogP contribution in [0.2, 0.25) is 0 Å². The van der Waals surface area contributed by atoms with Gasteiger partial charge in [-0.05, 0) is 12.8 Å². The average molecular weight is 384 g/mol. The first-order valence-corrected chi connectivity index (χ1v) is 10.2. The van der Waals surface area contributed by atoms with E-state index in [4.69, 9.17) is 9.05 Å². The van der Waals surface area contributed by atoms with Crippen molar-refractivity contribution in [3.05, 3.63) is 0 Å². The first-order chi connectivity index (χ1) is 11.8. The van der Waals surface area contributed by atoms with Crippen LogP contribution in [0.3, 0.4) is 0 Å². The fourth-order valence-electron chi connectivity index (χ4n) is 1.99. The summed E-state index contributed by atoms with van der Waals surface area (Å²) in [5.41, 5.74) is 0. The number of hydrogen-bond acceptors (Lipinski definition) is 7. The largest absolute Gasteiger partial charge is 0.469 e. The number of carbonyl (C=O) groups is 2. The second-order valence-electron chi connectivity index (χ2n) is 5.61. The zero-order valence-corrected chi connectivity index (χ0v) is 16.4. The maximum Gasteiger partial charge on any atom is 0.340 e. The zero-order chi connectivity index (χ0) is 19.3. The molecule has 7 nitrogen and oxygen atoms in total. The van der Waals surface area contributed by atoms with E-state index in [9.17, 15) is 18.5 Å². The van der Waals surface area contributed by atoms with Gasteiger partial charge < -0.3 is 18.5 Å². The third kappa shape index (κ3) is 9.92. The molecule has 0 aromatic heterocycles. The predicted octanol–water partition coefficient (Wildman–Crippen LogP) is 3.50. The smallest absolute Gasteiger partial charge is 0.340 e. The molecule has 2 atom stereocenters. The van der Waals surface area contributed by atoms with Crippen LogP contribution in [0.4, 0.5) is 4.39 Å². The lowest BCUT2D eigenvalue weighted by molar-refractivity contribution is -0.150. The monoisotopic (exact) mass is 384 g/mol. The van der Waals surface area contributed by atoms with Crippen molar-refractivity contribution in [1.29, 1.82) is 0 Å². The first kappa shape index (κ1) is 24.0. The maximum atomic E-state index is 13.9. The van der Waals surface area contributed by atoms with Crippen molar-refractivity contribution in [2.75, 3.05) is 33.6 Å². The number of carbonyl (C=O) groups excluding carboxylic acids is 2. The molecule has 25 heavy (non-hydrogen) atoms. The third-order valence-electron chi connectivity index (χ3n) is 3.50. The summed E-state index contributed by atoms with van der Waals surface area (Å²) >= 11 is 0. The molecule has 0 spiro atoms. The van der Waals surface area contributed by atoms with Gasteiger partial charge in [-0.25, -0.2) is 9.18 Å². The van der Waals surface area contributed by atoms with E-state index < -0.39 is 38.0 Å². The van der Waals surface area contributed by atoms with Crippen LogP contribution in [0.25, 0.3) is 0 Å². The molecular formula is C16H30FO7P. The molecule has 148 valence electrons. The molecule has 0 heterocycles. The molecule has 0 aromatic rings. The SMILES string of the molecule is CCCCOP(=O)(C[C@H](C[C@@H](F)C(=O)OC)C(=O)OC)OCCCC. The van der Waals surface area contributed by atoms with E-state index in [2.05, 4.69) is 9.47 Å². The van der Waals surface area contributed by atoms with Crippen LogP contribution >= 0.6 is 7.60 Å². The average Bonchev–Trinajstić information content (AvgIpc) is 2.60. The van der Waals surface area contributed by atoms with Crippen LogP contribution in [0.5, 0.6) is 0 Å². The summed E-state index contributed by atoms with van der Waals surface area (Å²) in [5.74, 6) is -3.00. The van der Waals surface area contributed by atoms with Crippen molar-refractivity contribution in [3.63, 3.8) is 0 Å². The van der Waals surface area contributed by atoms with E-state index in [0.717, 1.165) is 27.1 Å². The van der Waals surface area contributed by atoms with Gasteiger partial charge in [0, 0.05) is 6.42 Å². The van der Waals surface area contributed by atoms with Gasteiger partial charge in [0.2, 0.25) is 0 Å². The molecule has 0 amide bonds. The minimum Gasteiger partial charge on any atom is -0.469 e. The molecule has 0 saturated carbocycles. The zero-order valence-electron chi connectivity index (χ0n) is 15.5. The van der Waals surface area contributed by atoms with Gasteiger partial charge in [0.15, 0.2) is 6.17 Å². The van der Waals surface area contributed by atoms with Crippen LogP contribution in [0.15, 0.2) is 0 Å². The Morgan fingerprint density at radius 1 is 0.960 bits per heavy atom.